The Morgan fingerprint density at radius 1 is 1.50 bits per heavy atom. The van der Waals surface area contributed by atoms with E-state index in [-0.39, 0.29) is 10.7 Å². The first-order chi connectivity index (χ1) is 7.68. The average Bonchev–Trinajstić information content (AvgIpc) is 2.49. The molecule has 1 unspecified atom stereocenters. The van der Waals surface area contributed by atoms with Crippen LogP contribution in [0.4, 0.5) is 0 Å². The number of fused-ring (bicyclic) bond motifs is 1. The van der Waals surface area contributed by atoms with Gasteiger partial charge in [-0.15, -0.1) is 0 Å². The van der Waals surface area contributed by atoms with Gasteiger partial charge >= 0.3 is 0 Å². The van der Waals surface area contributed by atoms with Gasteiger partial charge in [0.2, 0.25) is 5.91 Å². The topological polar surface area (TPSA) is 29.5 Å². The zero-order chi connectivity index (χ0) is 11.5. The second-order valence-electron chi connectivity index (χ2n) is 3.83. The van der Waals surface area contributed by atoms with Gasteiger partial charge in [-0.2, -0.15) is 0 Å². The Labute approximate surface area is 104 Å². The smallest absolute Gasteiger partial charge is 0.236 e. The summed E-state index contributed by atoms with van der Waals surface area (Å²) in [6, 6.07) is 7.86. The predicted octanol–water partition coefficient (Wildman–Crippen LogP) is 2.19. The molecule has 0 aliphatic carbocycles. The number of nitrogens with zero attached hydrogens (tertiary/aromatic N) is 1. The fourth-order valence-corrected chi connectivity index (χ4v) is 2.05. The van der Waals surface area contributed by atoms with E-state index in [1.807, 2.05) is 36.1 Å². The molecule has 0 spiro atoms. The maximum atomic E-state index is 11.9. The van der Waals surface area contributed by atoms with Gasteiger partial charge in [-0.1, -0.05) is 34.1 Å². The molecule has 0 N–H and O–H groups in total. The molecule has 1 aliphatic rings. The number of amides is 1. The third-order valence-corrected chi connectivity index (χ3v) is 3.00. The molecular weight excluding hydrogens is 270 g/mol. The zero-order valence-corrected chi connectivity index (χ0v) is 10.7. The van der Waals surface area contributed by atoms with E-state index < -0.39 is 0 Å². The zero-order valence-electron chi connectivity index (χ0n) is 9.15. The molecule has 1 aliphatic heterocycles. The van der Waals surface area contributed by atoms with Gasteiger partial charge in [0.25, 0.3) is 0 Å². The number of carbonyl (C=O) groups excluding carboxylic acids is 1. The van der Waals surface area contributed by atoms with E-state index in [0.29, 0.717) is 19.7 Å². The lowest BCUT2D eigenvalue weighted by Gasteiger charge is -2.21. The summed E-state index contributed by atoms with van der Waals surface area (Å²) in [6.45, 7) is 3.68. The Bertz CT molecular complexity index is 392. The van der Waals surface area contributed by atoms with Gasteiger partial charge in [-0.25, -0.2) is 0 Å². The number of hydrogen-bond donors (Lipinski definition) is 0. The summed E-state index contributed by atoms with van der Waals surface area (Å²) in [5, 5.41) is 0. The van der Waals surface area contributed by atoms with Gasteiger partial charge in [0, 0.05) is 12.1 Å². The van der Waals surface area contributed by atoms with Crippen molar-refractivity contribution in [1.82, 2.24) is 4.90 Å². The van der Waals surface area contributed by atoms with Crippen LogP contribution < -0.4 is 4.74 Å². The minimum atomic E-state index is -0.141. The van der Waals surface area contributed by atoms with Crippen molar-refractivity contribution in [3.8, 4) is 5.75 Å². The number of ether oxygens (including phenoxy) is 1. The Morgan fingerprint density at radius 2 is 2.25 bits per heavy atom. The molecule has 2 rings (SSSR count). The number of rotatable bonds is 1. The fourth-order valence-electron chi connectivity index (χ4n) is 1.77. The number of halogens is 1. The van der Waals surface area contributed by atoms with E-state index in [1.165, 1.54) is 0 Å². The average molecular weight is 284 g/mol. The van der Waals surface area contributed by atoms with Crippen LogP contribution in [0.1, 0.15) is 12.5 Å². The molecule has 0 fully saturated rings. The van der Waals surface area contributed by atoms with Crippen LogP contribution in [0.2, 0.25) is 0 Å². The summed E-state index contributed by atoms with van der Waals surface area (Å²) in [6.07, 6.45) is 0. The summed E-state index contributed by atoms with van der Waals surface area (Å²) < 4.78 is 5.60. The van der Waals surface area contributed by atoms with Crippen LogP contribution in [0, 0.1) is 0 Å². The van der Waals surface area contributed by atoms with Crippen LogP contribution in [-0.2, 0) is 11.3 Å². The highest BCUT2D eigenvalue weighted by molar-refractivity contribution is 9.10. The van der Waals surface area contributed by atoms with Gasteiger partial charge in [-0.3, -0.25) is 4.79 Å². The van der Waals surface area contributed by atoms with Gasteiger partial charge in [0.05, 0.1) is 11.4 Å². The predicted molar refractivity (Wildman–Crippen MR) is 65.7 cm³/mol. The summed E-state index contributed by atoms with van der Waals surface area (Å²) in [5.74, 6) is 1.00. The van der Waals surface area contributed by atoms with Gasteiger partial charge in [0.1, 0.15) is 12.4 Å². The summed E-state index contributed by atoms with van der Waals surface area (Å²) in [7, 11) is 0. The third-order valence-electron chi connectivity index (χ3n) is 2.60. The van der Waals surface area contributed by atoms with Crippen molar-refractivity contribution in [2.24, 2.45) is 0 Å². The Morgan fingerprint density at radius 3 is 3.00 bits per heavy atom. The molecule has 1 amide bonds. The minimum absolute atomic E-state index is 0.111. The highest BCUT2D eigenvalue weighted by atomic mass is 79.9. The SMILES string of the molecule is CC(Br)C(=O)N1CCOc2ccccc2C1. The minimum Gasteiger partial charge on any atom is -0.491 e. The van der Waals surface area contributed by atoms with E-state index in [9.17, 15) is 4.79 Å². The molecule has 86 valence electrons. The van der Waals surface area contributed by atoms with Crippen LogP contribution in [0.5, 0.6) is 5.75 Å². The molecule has 1 aromatic carbocycles. The molecule has 0 saturated heterocycles. The lowest BCUT2D eigenvalue weighted by atomic mass is 10.2. The Kier molecular flexibility index (Phi) is 3.49. The summed E-state index contributed by atoms with van der Waals surface area (Å²) in [5.41, 5.74) is 1.07. The van der Waals surface area contributed by atoms with Crippen molar-refractivity contribution in [1.29, 1.82) is 0 Å². The van der Waals surface area contributed by atoms with Crippen LogP contribution in [0.25, 0.3) is 0 Å². The number of hydrogen-bond acceptors (Lipinski definition) is 2. The Hall–Kier alpha value is -1.03. The quantitative estimate of drug-likeness (QED) is 0.740. The van der Waals surface area contributed by atoms with Crippen molar-refractivity contribution >= 4 is 21.8 Å². The maximum absolute atomic E-state index is 11.9. The number of para-hydroxylation sites is 1. The highest BCUT2D eigenvalue weighted by Gasteiger charge is 2.21. The highest BCUT2D eigenvalue weighted by Crippen LogP contribution is 2.23. The molecule has 1 atom stereocenters. The largest absolute Gasteiger partial charge is 0.491 e. The molecule has 4 heteroatoms. The van der Waals surface area contributed by atoms with Crippen LogP contribution in [0.15, 0.2) is 24.3 Å². The lowest BCUT2D eigenvalue weighted by Crippen LogP contribution is -2.36. The molecule has 16 heavy (non-hydrogen) atoms. The van der Waals surface area contributed by atoms with Crippen LogP contribution >= 0.6 is 15.9 Å². The molecule has 0 aromatic heterocycles. The summed E-state index contributed by atoms with van der Waals surface area (Å²) >= 11 is 3.31. The van der Waals surface area contributed by atoms with E-state index in [4.69, 9.17) is 4.74 Å². The molecule has 0 bridgehead atoms. The van der Waals surface area contributed by atoms with Crippen LogP contribution in [-0.4, -0.2) is 28.8 Å². The normalized spacial score (nSPS) is 17.0. The second kappa shape index (κ2) is 4.87. The molecule has 0 radical (unpaired) electrons. The first kappa shape index (κ1) is 11.5. The van der Waals surface area contributed by atoms with Gasteiger partial charge in [0.15, 0.2) is 0 Å². The van der Waals surface area contributed by atoms with E-state index in [1.54, 1.807) is 0 Å². The van der Waals surface area contributed by atoms with E-state index in [2.05, 4.69) is 15.9 Å². The molecule has 1 aromatic rings. The monoisotopic (exact) mass is 283 g/mol. The van der Waals surface area contributed by atoms with Crippen LogP contribution in [0.3, 0.4) is 0 Å². The number of benzene rings is 1. The third kappa shape index (κ3) is 2.38. The molecule has 3 nitrogen and oxygen atoms in total. The maximum Gasteiger partial charge on any atom is 0.236 e. The fraction of sp³-hybridized carbons (Fsp3) is 0.417. The van der Waals surface area contributed by atoms with Crippen molar-refractivity contribution in [2.45, 2.75) is 18.3 Å². The van der Waals surface area contributed by atoms with Crippen molar-refractivity contribution < 1.29 is 9.53 Å². The molecular formula is C12H14BrNO2. The van der Waals surface area contributed by atoms with Crippen molar-refractivity contribution in [2.75, 3.05) is 13.2 Å². The first-order valence-corrected chi connectivity index (χ1v) is 6.23. The second-order valence-corrected chi connectivity index (χ2v) is 5.21. The lowest BCUT2D eigenvalue weighted by molar-refractivity contribution is -0.130. The van der Waals surface area contributed by atoms with E-state index >= 15 is 0 Å². The first-order valence-electron chi connectivity index (χ1n) is 5.32. The number of alkyl halides is 1. The van der Waals surface area contributed by atoms with Crippen molar-refractivity contribution in [3.05, 3.63) is 29.8 Å². The Balaban J connectivity index is 2.20. The van der Waals surface area contributed by atoms with E-state index in [0.717, 1.165) is 11.3 Å². The van der Waals surface area contributed by atoms with Gasteiger partial charge < -0.3 is 9.64 Å². The van der Waals surface area contributed by atoms with Crippen molar-refractivity contribution in [3.63, 3.8) is 0 Å². The molecule has 0 saturated carbocycles. The molecule has 1 heterocycles. The van der Waals surface area contributed by atoms with Gasteiger partial charge in [-0.05, 0) is 13.0 Å². The number of carbonyl (C=O) groups is 1. The summed E-state index contributed by atoms with van der Waals surface area (Å²) in [4.78, 5) is 13.6. The standard InChI is InChI=1S/C12H14BrNO2/c1-9(13)12(15)14-6-7-16-11-5-3-2-4-10(11)8-14/h2-5,9H,6-8H2,1H3.